The molecular formula is C19H17ClN2O. The molecule has 0 fully saturated rings. The van der Waals surface area contributed by atoms with Crippen molar-refractivity contribution in [1.82, 2.24) is 9.55 Å². The minimum atomic E-state index is -0.0513. The third-order valence-corrected chi connectivity index (χ3v) is 4.34. The second-order valence-electron chi connectivity index (χ2n) is 5.64. The van der Waals surface area contributed by atoms with Crippen LogP contribution in [-0.2, 0) is 0 Å². The molecule has 4 heteroatoms. The summed E-state index contributed by atoms with van der Waals surface area (Å²) in [4.78, 5) is 16.9. The van der Waals surface area contributed by atoms with Gasteiger partial charge < -0.3 is 4.57 Å². The van der Waals surface area contributed by atoms with Crippen LogP contribution < -0.4 is 5.43 Å². The van der Waals surface area contributed by atoms with Crippen LogP contribution >= 0.6 is 11.6 Å². The van der Waals surface area contributed by atoms with E-state index in [0.717, 1.165) is 28.0 Å². The van der Waals surface area contributed by atoms with Crippen molar-refractivity contribution in [3.05, 3.63) is 74.8 Å². The van der Waals surface area contributed by atoms with Gasteiger partial charge in [-0.3, -0.25) is 9.78 Å². The molecule has 0 saturated heterocycles. The third kappa shape index (κ3) is 2.37. The van der Waals surface area contributed by atoms with Crippen molar-refractivity contribution in [2.45, 2.75) is 20.8 Å². The highest BCUT2D eigenvalue weighted by molar-refractivity contribution is 6.32. The second-order valence-corrected chi connectivity index (χ2v) is 6.05. The highest BCUT2D eigenvalue weighted by Crippen LogP contribution is 2.30. The quantitative estimate of drug-likeness (QED) is 0.690. The molecule has 3 rings (SSSR count). The van der Waals surface area contributed by atoms with Gasteiger partial charge in [0.2, 0.25) is 0 Å². The smallest absolute Gasteiger partial charge is 0.191 e. The molecule has 0 aliphatic heterocycles. The van der Waals surface area contributed by atoms with E-state index in [4.69, 9.17) is 11.6 Å². The fourth-order valence-corrected chi connectivity index (χ4v) is 3.30. The lowest BCUT2D eigenvalue weighted by Gasteiger charge is -2.20. The molecule has 0 spiro atoms. The minimum absolute atomic E-state index is 0.0513. The van der Waals surface area contributed by atoms with Crippen LogP contribution in [0.25, 0.3) is 22.7 Å². The van der Waals surface area contributed by atoms with Gasteiger partial charge in [0.25, 0.3) is 0 Å². The third-order valence-electron chi connectivity index (χ3n) is 4.03. The molecule has 0 bridgehead atoms. The molecule has 3 nitrogen and oxygen atoms in total. The first-order valence-electron chi connectivity index (χ1n) is 7.35. The maximum absolute atomic E-state index is 12.6. The molecule has 0 unspecified atom stereocenters. The Kier molecular flexibility index (Phi) is 3.82. The summed E-state index contributed by atoms with van der Waals surface area (Å²) in [5.41, 5.74) is 5.06. The summed E-state index contributed by atoms with van der Waals surface area (Å²) >= 11 is 6.47. The number of hydrogen-bond donors (Lipinski definition) is 0. The number of pyridine rings is 2. The summed E-state index contributed by atoms with van der Waals surface area (Å²) in [5, 5.41) is 1.22. The van der Waals surface area contributed by atoms with E-state index in [0.29, 0.717) is 16.1 Å². The van der Waals surface area contributed by atoms with E-state index in [1.54, 1.807) is 18.3 Å². The van der Waals surface area contributed by atoms with Gasteiger partial charge in [0.1, 0.15) is 0 Å². The van der Waals surface area contributed by atoms with Crippen molar-refractivity contribution < 1.29 is 0 Å². The molecule has 23 heavy (non-hydrogen) atoms. The van der Waals surface area contributed by atoms with E-state index >= 15 is 0 Å². The molecule has 0 radical (unpaired) electrons. The Hall–Kier alpha value is -2.39. The molecule has 0 N–H and O–H groups in total. The Morgan fingerprint density at radius 3 is 2.61 bits per heavy atom. The molecule has 0 saturated carbocycles. The summed E-state index contributed by atoms with van der Waals surface area (Å²) < 4.78 is 2.04. The number of rotatable bonds is 2. The molecule has 0 atom stereocenters. The maximum Gasteiger partial charge on any atom is 0.191 e. The number of nitrogens with zero attached hydrogens (tertiary/aromatic N) is 2. The Morgan fingerprint density at radius 1 is 1.22 bits per heavy atom. The van der Waals surface area contributed by atoms with Crippen molar-refractivity contribution in [1.29, 1.82) is 0 Å². The SMILES string of the molecule is C=Cc1ncc(C)c2c1c(=O)cc(C)n2-c1c(C)cccc1Cl. The lowest BCUT2D eigenvalue weighted by Crippen LogP contribution is -2.14. The number of aromatic nitrogens is 2. The average molecular weight is 325 g/mol. The van der Waals surface area contributed by atoms with Gasteiger partial charge in [-0.15, -0.1) is 0 Å². The van der Waals surface area contributed by atoms with Crippen LogP contribution in [0.1, 0.15) is 22.5 Å². The van der Waals surface area contributed by atoms with E-state index in [-0.39, 0.29) is 5.43 Å². The standard InChI is InChI=1S/C19H17ClN2O/c1-5-15-17-16(23)9-13(4)22(19(17)12(3)10-21-15)18-11(2)7-6-8-14(18)20/h5-10H,1H2,2-4H3. The first-order chi connectivity index (χ1) is 11.0. The Bertz CT molecular complexity index is 982. The van der Waals surface area contributed by atoms with E-state index in [2.05, 4.69) is 11.6 Å². The van der Waals surface area contributed by atoms with Gasteiger partial charge in [-0.05, 0) is 44.0 Å². The number of halogens is 1. The van der Waals surface area contributed by atoms with Gasteiger partial charge in [0, 0.05) is 18.0 Å². The van der Waals surface area contributed by atoms with Crippen LogP contribution in [0.4, 0.5) is 0 Å². The lowest BCUT2D eigenvalue weighted by atomic mass is 10.1. The number of para-hydroxylation sites is 1. The number of hydrogen-bond acceptors (Lipinski definition) is 2. The Labute approximate surface area is 139 Å². The number of fused-ring (bicyclic) bond motifs is 1. The van der Waals surface area contributed by atoms with Crippen molar-refractivity contribution in [2.24, 2.45) is 0 Å². The van der Waals surface area contributed by atoms with Gasteiger partial charge in [-0.2, -0.15) is 0 Å². The summed E-state index contributed by atoms with van der Waals surface area (Å²) in [7, 11) is 0. The van der Waals surface area contributed by atoms with E-state index in [1.807, 2.05) is 43.5 Å². The monoisotopic (exact) mass is 324 g/mol. The first-order valence-corrected chi connectivity index (χ1v) is 7.73. The molecule has 116 valence electrons. The van der Waals surface area contributed by atoms with Crippen LogP contribution in [0, 0.1) is 20.8 Å². The fourth-order valence-electron chi connectivity index (χ4n) is 2.99. The number of aryl methyl sites for hydroxylation is 3. The van der Waals surface area contributed by atoms with Gasteiger partial charge in [0.05, 0.1) is 27.3 Å². The first kappa shape index (κ1) is 15.5. The predicted octanol–water partition coefficient (Wildman–Crippen LogP) is 4.61. The van der Waals surface area contributed by atoms with Gasteiger partial charge in [-0.1, -0.05) is 30.3 Å². The largest absolute Gasteiger partial charge is 0.311 e. The van der Waals surface area contributed by atoms with Gasteiger partial charge >= 0.3 is 0 Å². The lowest BCUT2D eigenvalue weighted by molar-refractivity contribution is 1.00. The molecule has 1 aromatic carbocycles. The van der Waals surface area contributed by atoms with Crippen LogP contribution in [-0.4, -0.2) is 9.55 Å². The van der Waals surface area contributed by atoms with Gasteiger partial charge in [-0.25, -0.2) is 0 Å². The summed E-state index contributed by atoms with van der Waals surface area (Å²) in [6, 6.07) is 7.41. The summed E-state index contributed by atoms with van der Waals surface area (Å²) in [5.74, 6) is 0. The van der Waals surface area contributed by atoms with Crippen LogP contribution in [0.5, 0.6) is 0 Å². The number of benzene rings is 1. The van der Waals surface area contributed by atoms with E-state index in [9.17, 15) is 4.79 Å². The van der Waals surface area contributed by atoms with E-state index in [1.165, 1.54) is 0 Å². The topological polar surface area (TPSA) is 34.9 Å². The molecule has 0 amide bonds. The zero-order valence-corrected chi connectivity index (χ0v) is 14.1. The highest BCUT2D eigenvalue weighted by atomic mass is 35.5. The minimum Gasteiger partial charge on any atom is -0.311 e. The van der Waals surface area contributed by atoms with Crippen LogP contribution in [0.3, 0.4) is 0 Å². The zero-order valence-electron chi connectivity index (χ0n) is 13.4. The molecule has 0 aliphatic carbocycles. The van der Waals surface area contributed by atoms with Crippen molar-refractivity contribution in [3.63, 3.8) is 0 Å². The van der Waals surface area contributed by atoms with Crippen LogP contribution in [0.15, 0.2) is 41.8 Å². The van der Waals surface area contributed by atoms with Gasteiger partial charge in [0.15, 0.2) is 5.43 Å². The molecule has 3 aromatic rings. The second kappa shape index (κ2) is 5.67. The molecular weight excluding hydrogens is 308 g/mol. The summed E-state index contributed by atoms with van der Waals surface area (Å²) in [6.07, 6.45) is 3.38. The normalized spacial score (nSPS) is 11.0. The highest BCUT2D eigenvalue weighted by Gasteiger charge is 2.16. The fraction of sp³-hybridized carbons (Fsp3) is 0.158. The summed E-state index contributed by atoms with van der Waals surface area (Å²) in [6.45, 7) is 9.65. The Morgan fingerprint density at radius 2 is 1.96 bits per heavy atom. The molecule has 2 aromatic heterocycles. The van der Waals surface area contributed by atoms with Crippen LogP contribution in [0.2, 0.25) is 5.02 Å². The molecule has 2 heterocycles. The average Bonchev–Trinajstić information content (AvgIpc) is 2.50. The van der Waals surface area contributed by atoms with E-state index < -0.39 is 0 Å². The predicted molar refractivity (Wildman–Crippen MR) is 96.7 cm³/mol. The maximum atomic E-state index is 12.6. The van der Waals surface area contributed by atoms with Crippen molar-refractivity contribution in [2.75, 3.05) is 0 Å². The zero-order chi connectivity index (χ0) is 16.7. The molecule has 0 aliphatic rings. The van der Waals surface area contributed by atoms with Crippen molar-refractivity contribution in [3.8, 4) is 5.69 Å². The Balaban J connectivity index is 2.62. The van der Waals surface area contributed by atoms with Crippen molar-refractivity contribution >= 4 is 28.6 Å².